The van der Waals surface area contributed by atoms with Crippen molar-refractivity contribution in [3.8, 4) is 22.9 Å². The first-order chi connectivity index (χ1) is 16.2. The fourth-order valence-electron chi connectivity index (χ4n) is 3.21. The van der Waals surface area contributed by atoms with Gasteiger partial charge in [-0.05, 0) is 25.0 Å². The van der Waals surface area contributed by atoms with Crippen molar-refractivity contribution < 1.29 is 18.4 Å². The molecule has 31 heavy (non-hydrogen) atoms. The second-order valence-electron chi connectivity index (χ2n) is 6.81. The first-order valence-electron chi connectivity index (χ1n) is 11.2. The summed E-state index contributed by atoms with van der Waals surface area (Å²) in [7, 11) is 3.25. The van der Waals surface area contributed by atoms with E-state index >= 15 is 0 Å². The summed E-state index contributed by atoms with van der Waals surface area (Å²) >= 11 is 0. The number of carbonyl (C=O) groups excluding carboxylic acids is 1. The molecule has 0 spiro atoms. The van der Waals surface area contributed by atoms with Gasteiger partial charge in [0, 0.05) is 30.7 Å². The van der Waals surface area contributed by atoms with Gasteiger partial charge >= 0.3 is 0 Å². The van der Waals surface area contributed by atoms with Gasteiger partial charge in [0.25, 0.3) is 5.91 Å². The standard InChI is InChI=1S/C20H24N8O3/c1-21-20(29)16-13-10-15(25-26-16)22-8-4-5-9-31-14-7-6-12(18(30-3)17(14)24-13)19-23-11-28(2)27-19/h6-7,10-11,24H,4-5,8-9H2,1-3H3,(H,21,29)(H,22,25)/i1D3. The number of anilines is 3. The van der Waals surface area contributed by atoms with Gasteiger partial charge < -0.3 is 25.4 Å². The van der Waals surface area contributed by atoms with Crippen LogP contribution in [0.4, 0.5) is 17.2 Å². The quantitative estimate of drug-likeness (QED) is 0.574. The van der Waals surface area contributed by atoms with Crippen LogP contribution in [-0.2, 0) is 7.05 Å². The Hall–Kier alpha value is -3.89. The summed E-state index contributed by atoms with van der Waals surface area (Å²) in [6.07, 6.45) is 3.17. The average molecular weight is 427 g/mol. The van der Waals surface area contributed by atoms with Gasteiger partial charge in [-0.15, -0.1) is 10.2 Å². The maximum absolute atomic E-state index is 12.7. The monoisotopic (exact) mass is 427 g/mol. The van der Waals surface area contributed by atoms with Crippen molar-refractivity contribution in [3.63, 3.8) is 0 Å². The minimum atomic E-state index is -2.69. The summed E-state index contributed by atoms with van der Waals surface area (Å²) in [5.74, 6) is 0.820. The van der Waals surface area contributed by atoms with Crippen molar-refractivity contribution in [2.24, 2.45) is 7.05 Å². The molecular formula is C20H24N8O3. The van der Waals surface area contributed by atoms with Gasteiger partial charge in [-0.25, -0.2) is 4.98 Å². The lowest BCUT2D eigenvalue weighted by atomic mass is 10.1. The molecule has 0 radical (unpaired) electrons. The van der Waals surface area contributed by atoms with Crippen LogP contribution < -0.4 is 25.4 Å². The van der Waals surface area contributed by atoms with Crippen molar-refractivity contribution in [2.75, 3.05) is 37.9 Å². The van der Waals surface area contributed by atoms with Crippen LogP contribution in [0, 0.1) is 0 Å². The molecule has 0 atom stereocenters. The molecule has 0 unspecified atom stereocenters. The lowest BCUT2D eigenvalue weighted by Gasteiger charge is -2.20. The van der Waals surface area contributed by atoms with Crippen LogP contribution in [0.2, 0.25) is 0 Å². The van der Waals surface area contributed by atoms with Crippen LogP contribution in [0.5, 0.6) is 11.5 Å². The number of aryl methyl sites for hydroxylation is 1. The Morgan fingerprint density at radius 2 is 2.26 bits per heavy atom. The highest BCUT2D eigenvalue weighted by Crippen LogP contribution is 2.43. The van der Waals surface area contributed by atoms with E-state index in [0.717, 1.165) is 12.8 Å². The Labute approximate surface area is 183 Å². The molecule has 0 saturated carbocycles. The highest BCUT2D eigenvalue weighted by Gasteiger charge is 2.23. The minimum Gasteiger partial charge on any atom is -0.494 e. The van der Waals surface area contributed by atoms with Crippen LogP contribution in [0.15, 0.2) is 24.5 Å². The number of aromatic nitrogens is 5. The van der Waals surface area contributed by atoms with E-state index in [9.17, 15) is 4.79 Å². The zero-order valence-corrected chi connectivity index (χ0v) is 17.1. The molecular weight excluding hydrogens is 400 g/mol. The molecule has 2 aromatic heterocycles. The van der Waals surface area contributed by atoms with Gasteiger partial charge in [-0.1, -0.05) is 0 Å². The molecule has 1 amide bonds. The van der Waals surface area contributed by atoms with Crippen molar-refractivity contribution in [3.05, 3.63) is 30.2 Å². The Balaban J connectivity index is 1.85. The zero-order valence-electron chi connectivity index (χ0n) is 20.1. The van der Waals surface area contributed by atoms with Crippen LogP contribution in [0.25, 0.3) is 11.4 Å². The fourth-order valence-corrected chi connectivity index (χ4v) is 3.21. The van der Waals surface area contributed by atoms with Crippen LogP contribution in [-0.4, -0.2) is 58.1 Å². The number of carbonyl (C=O) groups is 1. The number of rotatable bonds is 3. The largest absolute Gasteiger partial charge is 0.494 e. The molecule has 3 N–H and O–H groups in total. The third-order valence-corrected chi connectivity index (χ3v) is 4.68. The van der Waals surface area contributed by atoms with E-state index in [0.29, 0.717) is 47.5 Å². The predicted molar refractivity (Wildman–Crippen MR) is 115 cm³/mol. The summed E-state index contributed by atoms with van der Waals surface area (Å²) < 4.78 is 35.4. The first kappa shape index (κ1) is 16.9. The number of hydrogen-bond acceptors (Lipinski definition) is 9. The number of nitrogens with one attached hydrogen (secondary N) is 3. The minimum absolute atomic E-state index is 0.201. The number of benzene rings is 1. The van der Waals surface area contributed by atoms with Gasteiger partial charge in [0.15, 0.2) is 23.1 Å². The molecule has 4 rings (SSSR count). The molecule has 0 aliphatic carbocycles. The van der Waals surface area contributed by atoms with Gasteiger partial charge in [-0.3, -0.25) is 9.48 Å². The maximum atomic E-state index is 12.7. The summed E-state index contributed by atoms with van der Waals surface area (Å²) in [6.45, 7) is -1.62. The Kier molecular flexibility index (Phi) is 4.82. The highest BCUT2D eigenvalue weighted by molar-refractivity contribution is 5.99. The molecule has 1 aliphatic rings. The summed E-state index contributed by atoms with van der Waals surface area (Å²) in [5, 5.41) is 20.6. The molecule has 1 aliphatic heterocycles. The second kappa shape index (κ2) is 8.86. The lowest BCUT2D eigenvalue weighted by Crippen LogP contribution is -2.22. The average Bonchev–Trinajstić information content (AvgIpc) is 3.20. The fraction of sp³-hybridized carbons (Fsp3) is 0.350. The number of hydrogen-bond donors (Lipinski definition) is 3. The van der Waals surface area contributed by atoms with Crippen LogP contribution in [0.3, 0.4) is 0 Å². The number of methoxy groups -OCH3 is 1. The summed E-state index contributed by atoms with van der Waals surface area (Å²) in [5.41, 5.74) is 1.02. The van der Waals surface area contributed by atoms with Gasteiger partial charge in [0.2, 0.25) is 0 Å². The van der Waals surface area contributed by atoms with Gasteiger partial charge in [0.05, 0.1) is 25.0 Å². The lowest BCUT2D eigenvalue weighted by molar-refractivity contribution is 0.0958. The molecule has 3 heterocycles. The third-order valence-electron chi connectivity index (χ3n) is 4.68. The van der Waals surface area contributed by atoms with Crippen molar-refractivity contribution in [1.82, 2.24) is 30.3 Å². The van der Waals surface area contributed by atoms with Gasteiger partial charge in [0.1, 0.15) is 17.8 Å². The van der Waals surface area contributed by atoms with Crippen molar-refractivity contribution in [1.29, 1.82) is 0 Å². The topological polar surface area (TPSA) is 128 Å². The van der Waals surface area contributed by atoms with E-state index < -0.39 is 12.9 Å². The number of ether oxygens (including phenoxy) is 2. The second-order valence-corrected chi connectivity index (χ2v) is 6.81. The predicted octanol–water partition coefficient (Wildman–Crippen LogP) is 1.97. The molecule has 11 heteroatoms. The molecule has 162 valence electrons. The van der Waals surface area contributed by atoms with Crippen molar-refractivity contribution in [2.45, 2.75) is 12.8 Å². The Morgan fingerprint density at radius 3 is 3.03 bits per heavy atom. The zero-order chi connectivity index (χ0) is 24.3. The summed E-state index contributed by atoms with van der Waals surface area (Å²) in [4.78, 5) is 17.0. The van der Waals surface area contributed by atoms with E-state index in [2.05, 4.69) is 30.9 Å². The molecule has 0 saturated heterocycles. The van der Waals surface area contributed by atoms with E-state index in [4.69, 9.17) is 13.6 Å². The number of fused-ring (bicyclic) bond motifs is 3. The molecule has 2 bridgehead atoms. The van der Waals surface area contributed by atoms with Crippen LogP contribution in [0.1, 0.15) is 27.4 Å². The normalized spacial score (nSPS) is 15.2. The van der Waals surface area contributed by atoms with Crippen molar-refractivity contribution >= 4 is 23.1 Å². The molecule has 11 nitrogen and oxygen atoms in total. The highest BCUT2D eigenvalue weighted by atomic mass is 16.5. The van der Waals surface area contributed by atoms with Crippen LogP contribution >= 0.6 is 0 Å². The third kappa shape index (κ3) is 4.20. The number of nitrogens with zero attached hydrogens (tertiary/aromatic N) is 5. The molecule has 3 aromatic rings. The maximum Gasteiger partial charge on any atom is 0.273 e. The van der Waals surface area contributed by atoms with E-state index in [1.54, 1.807) is 36.3 Å². The summed E-state index contributed by atoms with van der Waals surface area (Å²) in [6, 6.07) is 5.14. The Bertz CT molecular complexity index is 1200. The van der Waals surface area contributed by atoms with E-state index in [1.807, 2.05) is 5.32 Å². The van der Waals surface area contributed by atoms with Gasteiger partial charge in [-0.2, -0.15) is 5.10 Å². The SMILES string of the molecule is [2H]C([2H])([2H])NC(=O)c1nnc2cc1Nc1c(ccc(-c3ncn(C)n3)c1OC)OCCCCN2. The smallest absolute Gasteiger partial charge is 0.273 e. The van der Waals surface area contributed by atoms with E-state index in [1.165, 1.54) is 7.11 Å². The Morgan fingerprint density at radius 1 is 1.35 bits per heavy atom. The van der Waals surface area contributed by atoms with E-state index in [-0.39, 0.29) is 11.4 Å². The first-order valence-corrected chi connectivity index (χ1v) is 9.66. The number of amides is 1. The molecule has 1 aromatic carbocycles. The molecule has 0 fully saturated rings.